The Morgan fingerprint density at radius 3 is 3.11 bits per heavy atom. The number of benzene rings is 1. The molecule has 1 heterocycles. The van der Waals surface area contributed by atoms with Crippen molar-refractivity contribution in [1.82, 2.24) is 10.1 Å². The molecule has 0 bridgehead atoms. The van der Waals surface area contributed by atoms with Crippen molar-refractivity contribution in [3.05, 3.63) is 47.1 Å². The molecule has 1 aliphatic carbocycles. The lowest BCUT2D eigenvalue weighted by Gasteiger charge is -2.22. The molecule has 2 unspecified atom stereocenters. The van der Waals surface area contributed by atoms with Gasteiger partial charge in [0.15, 0.2) is 5.82 Å². The lowest BCUT2D eigenvalue weighted by Crippen LogP contribution is -2.11. The highest BCUT2D eigenvalue weighted by molar-refractivity contribution is 6.20. The number of fused-ring (bicyclic) bond motifs is 1. The van der Waals surface area contributed by atoms with Gasteiger partial charge in [-0.1, -0.05) is 36.3 Å². The highest BCUT2D eigenvalue weighted by Crippen LogP contribution is 2.36. The molecule has 0 fully saturated rings. The van der Waals surface area contributed by atoms with Gasteiger partial charge in [-0.05, 0) is 36.8 Å². The number of aromatic nitrogens is 2. The van der Waals surface area contributed by atoms with Crippen LogP contribution >= 0.6 is 11.6 Å². The maximum absolute atomic E-state index is 6.16. The number of hydrogen-bond donors (Lipinski definition) is 0. The van der Waals surface area contributed by atoms with Crippen molar-refractivity contribution in [2.45, 2.75) is 43.9 Å². The van der Waals surface area contributed by atoms with E-state index in [9.17, 15) is 0 Å². The van der Waals surface area contributed by atoms with Gasteiger partial charge in [0.25, 0.3) is 0 Å². The van der Waals surface area contributed by atoms with Gasteiger partial charge in [-0.3, -0.25) is 0 Å². The van der Waals surface area contributed by atoms with E-state index in [1.165, 1.54) is 11.1 Å². The lowest BCUT2D eigenvalue weighted by atomic mass is 9.83. The van der Waals surface area contributed by atoms with Crippen LogP contribution in [-0.2, 0) is 6.42 Å². The summed E-state index contributed by atoms with van der Waals surface area (Å²) in [5.41, 5.74) is 2.72. The van der Waals surface area contributed by atoms with Crippen molar-refractivity contribution >= 4 is 11.6 Å². The predicted octanol–water partition coefficient (Wildman–Crippen LogP) is 4.23. The molecule has 100 valence electrons. The molecule has 0 saturated carbocycles. The van der Waals surface area contributed by atoms with Crippen molar-refractivity contribution in [2.75, 3.05) is 0 Å². The van der Waals surface area contributed by atoms with Crippen LogP contribution in [0.15, 0.2) is 28.8 Å². The van der Waals surface area contributed by atoms with Gasteiger partial charge < -0.3 is 4.52 Å². The molecule has 0 N–H and O–H groups in total. The van der Waals surface area contributed by atoms with Gasteiger partial charge in [0.2, 0.25) is 5.89 Å². The largest absolute Gasteiger partial charge is 0.339 e. The number of alkyl halides is 1. The Kier molecular flexibility index (Phi) is 3.56. The van der Waals surface area contributed by atoms with Crippen molar-refractivity contribution in [3.63, 3.8) is 0 Å². The molecule has 3 rings (SSSR count). The summed E-state index contributed by atoms with van der Waals surface area (Å²) in [5, 5.41) is 3.86. The van der Waals surface area contributed by atoms with Gasteiger partial charge >= 0.3 is 0 Å². The summed E-state index contributed by atoms with van der Waals surface area (Å²) >= 11 is 6.16. The van der Waals surface area contributed by atoms with Gasteiger partial charge in [0, 0.05) is 0 Å². The molecule has 19 heavy (non-hydrogen) atoms. The van der Waals surface area contributed by atoms with E-state index >= 15 is 0 Å². The summed E-state index contributed by atoms with van der Waals surface area (Å²) in [4.78, 5) is 4.49. The second-order valence-corrected chi connectivity index (χ2v) is 5.54. The number of rotatable bonds is 3. The van der Waals surface area contributed by atoms with E-state index in [4.69, 9.17) is 16.1 Å². The Bertz CT molecular complexity index is 567. The second kappa shape index (κ2) is 5.33. The van der Waals surface area contributed by atoms with Gasteiger partial charge in [-0.2, -0.15) is 4.98 Å². The monoisotopic (exact) mass is 276 g/mol. The van der Waals surface area contributed by atoms with E-state index in [0.717, 1.165) is 25.7 Å². The maximum Gasteiger partial charge on any atom is 0.234 e. The fourth-order valence-corrected chi connectivity index (χ4v) is 2.80. The number of hydrogen-bond acceptors (Lipinski definition) is 3. The first-order valence-corrected chi connectivity index (χ1v) is 7.28. The minimum absolute atomic E-state index is 0.156. The minimum atomic E-state index is -0.156. The van der Waals surface area contributed by atoms with Crippen LogP contribution in [0.5, 0.6) is 0 Å². The number of nitrogens with zero attached hydrogens (tertiary/aromatic N) is 2. The molecule has 1 aromatic carbocycles. The van der Waals surface area contributed by atoms with Crippen LogP contribution in [-0.4, -0.2) is 10.1 Å². The Hall–Kier alpha value is -1.35. The molecule has 2 atom stereocenters. The molecule has 4 heteroatoms. The molecule has 1 aliphatic rings. The third-order valence-corrected chi connectivity index (χ3v) is 4.27. The molecule has 2 aromatic rings. The van der Waals surface area contributed by atoms with Crippen LogP contribution in [0, 0.1) is 0 Å². The SMILES string of the molecule is CCC(Cl)c1noc(C2CCCc3ccccc32)n1. The zero-order chi connectivity index (χ0) is 13.2. The van der Waals surface area contributed by atoms with Crippen molar-refractivity contribution in [1.29, 1.82) is 0 Å². The predicted molar refractivity (Wildman–Crippen MR) is 74.4 cm³/mol. The molecule has 0 spiro atoms. The molecule has 3 nitrogen and oxygen atoms in total. The van der Waals surface area contributed by atoms with Crippen LogP contribution in [0.2, 0.25) is 0 Å². The standard InChI is InChI=1S/C15H17ClN2O/c1-2-13(16)14-17-15(19-18-14)12-9-5-7-10-6-3-4-8-11(10)12/h3-4,6,8,12-13H,2,5,7,9H2,1H3. The maximum atomic E-state index is 6.16. The number of aryl methyl sites for hydroxylation is 1. The summed E-state index contributed by atoms with van der Waals surface area (Å²) < 4.78 is 5.44. The molecule has 1 aromatic heterocycles. The average molecular weight is 277 g/mol. The third kappa shape index (κ3) is 2.39. The zero-order valence-electron chi connectivity index (χ0n) is 11.0. The summed E-state index contributed by atoms with van der Waals surface area (Å²) in [6.45, 7) is 2.02. The zero-order valence-corrected chi connectivity index (χ0v) is 11.7. The summed E-state index contributed by atoms with van der Waals surface area (Å²) in [6.07, 6.45) is 4.18. The molecular weight excluding hydrogens is 260 g/mol. The van der Waals surface area contributed by atoms with Crippen LogP contribution in [0.4, 0.5) is 0 Å². The van der Waals surface area contributed by atoms with E-state index in [2.05, 4.69) is 34.4 Å². The second-order valence-electron chi connectivity index (χ2n) is 5.01. The Labute approximate surface area is 118 Å². The topological polar surface area (TPSA) is 38.9 Å². The van der Waals surface area contributed by atoms with Crippen LogP contribution in [0.3, 0.4) is 0 Å². The van der Waals surface area contributed by atoms with E-state index in [0.29, 0.717) is 11.7 Å². The molecular formula is C15H17ClN2O. The Morgan fingerprint density at radius 1 is 1.42 bits per heavy atom. The Morgan fingerprint density at radius 2 is 2.26 bits per heavy atom. The van der Waals surface area contributed by atoms with E-state index in [-0.39, 0.29) is 11.3 Å². The Balaban J connectivity index is 1.93. The van der Waals surface area contributed by atoms with Gasteiger partial charge in [0.1, 0.15) is 0 Å². The first-order valence-electron chi connectivity index (χ1n) is 6.85. The summed E-state index contributed by atoms with van der Waals surface area (Å²) in [5.74, 6) is 1.55. The van der Waals surface area contributed by atoms with Crippen molar-refractivity contribution in [2.24, 2.45) is 0 Å². The molecule has 0 amide bonds. The third-order valence-electron chi connectivity index (χ3n) is 3.76. The van der Waals surface area contributed by atoms with Crippen LogP contribution in [0.1, 0.15) is 60.3 Å². The number of halogens is 1. The molecule has 0 radical (unpaired) electrons. The van der Waals surface area contributed by atoms with Crippen LogP contribution in [0.25, 0.3) is 0 Å². The normalized spacial score (nSPS) is 20.0. The summed E-state index contributed by atoms with van der Waals surface area (Å²) in [7, 11) is 0. The average Bonchev–Trinajstić information content (AvgIpc) is 2.95. The van der Waals surface area contributed by atoms with Gasteiger partial charge in [0.05, 0.1) is 11.3 Å². The quantitative estimate of drug-likeness (QED) is 0.788. The highest BCUT2D eigenvalue weighted by Gasteiger charge is 2.27. The molecule has 0 aliphatic heterocycles. The van der Waals surface area contributed by atoms with Gasteiger partial charge in [-0.15, -0.1) is 11.6 Å². The smallest absolute Gasteiger partial charge is 0.234 e. The van der Waals surface area contributed by atoms with E-state index < -0.39 is 0 Å². The lowest BCUT2D eigenvalue weighted by molar-refractivity contribution is 0.350. The van der Waals surface area contributed by atoms with Crippen LogP contribution < -0.4 is 0 Å². The van der Waals surface area contributed by atoms with Crippen molar-refractivity contribution < 1.29 is 4.52 Å². The minimum Gasteiger partial charge on any atom is -0.339 e. The molecule has 0 saturated heterocycles. The van der Waals surface area contributed by atoms with E-state index in [1.807, 2.05) is 6.92 Å². The first-order chi connectivity index (χ1) is 9.29. The van der Waals surface area contributed by atoms with Crippen molar-refractivity contribution in [3.8, 4) is 0 Å². The highest BCUT2D eigenvalue weighted by atomic mass is 35.5. The van der Waals surface area contributed by atoms with E-state index in [1.54, 1.807) is 0 Å². The fraction of sp³-hybridized carbons (Fsp3) is 0.467. The fourth-order valence-electron chi connectivity index (χ4n) is 2.71. The summed E-state index contributed by atoms with van der Waals surface area (Å²) in [6, 6.07) is 8.52. The van der Waals surface area contributed by atoms with Gasteiger partial charge in [-0.25, -0.2) is 0 Å². The first kappa shape index (κ1) is 12.7.